The van der Waals surface area contributed by atoms with Crippen molar-refractivity contribution >= 4 is 0 Å². The zero-order chi connectivity index (χ0) is 16.1. The van der Waals surface area contributed by atoms with Crippen molar-refractivity contribution in [2.24, 2.45) is 0 Å². The minimum atomic E-state index is 0.235. The first-order chi connectivity index (χ1) is 11.3. The van der Waals surface area contributed by atoms with Crippen molar-refractivity contribution in [1.82, 2.24) is 15.0 Å². The normalized spacial score (nSPS) is 12.3. The van der Waals surface area contributed by atoms with Gasteiger partial charge in [-0.15, -0.1) is 5.10 Å². The summed E-state index contributed by atoms with van der Waals surface area (Å²) in [6.45, 7) is 3.20. The van der Waals surface area contributed by atoms with Crippen molar-refractivity contribution in [3.05, 3.63) is 23.9 Å². The van der Waals surface area contributed by atoms with Gasteiger partial charge in [0.15, 0.2) is 17.2 Å². The highest BCUT2D eigenvalue weighted by Gasteiger charge is 2.19. The predicted molar refractivity (Wildman–Crippen MR) is 85.1 cm³/mol. The summed E-state index contributed by atoms with van der Waals surface area (Å²) in [6, 6.07) is 7.79. The van der Waals surface area contributed by atoms with Crippen LogP contribution in [0, 0.1) is 11.3 Å². The summed E-state index contributed by atoms with van der Waals surface area (Å²) in [5, 5.41) is 17.5. The highest BCUT2D eigenvalue weighted by atomic mass is 16.7. The molecule has 6 nitrogen and oxygen atoms in total. The first-order valence-corrected chi connectivity index (χ1v) is 8.07. The molecule has 0 unspecified atom stereocenters. The lowest BCUT2D eigenvalue weighted by atomic mass is 10.1. The van der Waals surface area contributed by atoms with E-state index in [-0.39, 0.29) is 6.79 Å². The average Bonchev–Trinajstić information content (AvgIpc) is 3.20. The Balaban J connectivity index is 1.80. The minimum Gasteiger partial charge on any atom is -0.454 e. The van der Waals surface area contributed by atoms with E-state index in [2.05, 4.69) is 23.3 Å². The van der Waals surface area contributed by atoms with Gasteiger partial charge >= 0.3 is 0 Å². The van der Waals surface area contributed by atoms with Crippen LogP contribution in [0.4, 0.5) is 0 Å². The molecule has 2 heterocycles. The zero-order valence-electron chi connectivity index (χ0n) is 13.3. The zero-order valence-corrected chi connectivity index (χ0v) is 13.3. The van der Waals surface area contributed by atoms with Crippen molar-refractivity contribution in [1.29, 1.82) is 5.26 Å². The molecule has 120 valence electrons. The van der Waals surface area contributed by atoms with Crippen molar-refractivity contribution in [2.45, 2.75) is 45.6 Å². The minimum absolute atomic E-state index is 0.235. The number of benzene rings is 1. The second-order valence-electron chi connectivity index (χ2n) is 5.60. The van der Waals surface area contributed by atoms with Crippen molar-refractivity contribution in [2.75, 3.05) is 6.79 Å². The summed E-state index contributed by atoms with van der Waals surface area (Å²) in [6.07, 6.45) is 5.91. The number of fused-ring (bicyclic) bond motifs is 1. The first kappa shape index (κ1) is 15.3. The van der Waals surface area contributed by atoms with Crippen LogP contribution in [0.1, 0.15) is 44.7 Å². The van der Waals surface area contributed by atoms with Crippen LogP contribution in [-0.2, 0) is 6.54 Å². The summed E-state index contributed by atoms with van der Waals surface area (Å²) >= 11 is 0. The molecule has 1 aromatic carbocycles. The van der Waals surface area contributed by atoms with Crippen LogP contribution < -0.4 is 9.47 Å². The fourth-order valence-corrected chi connectivity index (χ4v) is 2.74. The third-order valence-corrected chi connectivity index (χ3v) is 3.96. The molecule has 0 N–H and O–H groups in total. The molecule has 0 amide bonds. The standard InChI is InChI=1S/C17H20N4O2/c1-2-3-4-5-6-9-21-17(14(11-18)19-20-21)13-7-8-15-16(10-13)23-12-22-15/h7-8,10H,2-6,9,12H2,1H3. The number of hydrogen-bond acceptors (Lipinski definition) is 5. The second kappa shape index (κ2) is 7.14. The topological polar surface area (TPSA) is 73.0 Å². The number of nitriles is 1. The van der Waals surface area contributed by atoms with Gasteiger partial charge in [-0.1, -0.05) is 37.8 Å². The summed E-state index contributed by atoms with van der Waals surface area (Å²) < 4.78 is 12.6. The van der Waals surface area contributed by atoms with Gasteiger partial charge in [-0.05, 0) is 24.6 Å². The molecule has 0 saturated heterocycles. The van der Waals surface area contributed by atoms with E-state index in [9.17, 15) is 5.26 Å². The number of hydrogen-bond donors (Lipinski definition) is 0. The molecule has 0 bridgehead atoms. The SMILES string of the molecule is CCCCCCCn1nnc(C#N)c1-c1ccc2c(c1)OCO2. The molecular weight excluding hydrogens is 292 g/mol. The molecule has 0 saturated carbocycles. The van der Waals surface area contributed by atoms with Gasteiger partial charge in [-0.3, -0.25) is 0 Å². The number of rotatable bonds is 7. The molecule has 1 aliphatic heterocycles. The van der Waals surface area contributed by atoms with Crippen molar-refractivity contribution in [3.63, 3.8) is 0 Å². The van der Waals surface area contributed by atoms with E-state index >= 15 is 0 Å². The second-order valence-corrected chi connectivity index (χ2v) is 5.60. The molecular formula is C17H20N4O2. The van der Waals surface area contributed by atoms with Crippen LogP contribution in [0.3, 0.4) is 0 Å². The third-order valence-electron chi connectivity index (χ3n) is 3.96. The maximum atomic E-state index is 9.31. The molecule has 6 heteroatoms. The summed E-state index contributed by atoms with van der Waals surface area (Å²) in [7, 11) is 0. The number of aryl methyl sites for hydroxylation is 1. The Kier molecular flexibility index (Phi) is 4.77. The number of nitrogens with zero attached hydrogens (tertiary/aromatic N) is 4. The van der Waals surface area contributed by atoms with Gasteiger partial charge in [0.2, 0.25) is 6.79 Å². The van der Waals surface area contributed by atoms with E-state index in [1.165, 1.54) is 19.3 Å². The maximum Gasteiger partial charge on any atom is 0.231 e. The number of aromatic nitrogens is 3. The van der Waals surface area contributed by atoms with E-state index in [0.29, 0.717) is 11.4 Å². The summed E-state index contributed by atoms with van der Waals surface area (Å²) in [5.41, 5.74) is 1.98. The van der Waals surface area contributed by atoms with Gasteiger partial charge in [0.25, 0.3) is 0 Å². The van der Waals surface area contributed by atoms with Gasteiger partial charge in [0.05, 0.1) is 0 Å². The van der Waals surface area contributed by atoms with Crippen molar-refractivity contribution < 1.29 is 9.47 Å². The largest absolute Gasteiger partial charge is 0.454 e. The third kappa shape index (κ3) is 3.29. The Morgan fingerprint density at radius 1 is 1.17 bits per heavy atom. The van der Waals surface area contributed by atoms with E-state index in [0.717, 1.165) is 36.4 Å². The van der Waals surface area contributed by atoms with Gasteiger partial charge in [-0.2, -0.15) is 5.26 Å². The lowest BCUT2D eigenvalue weighted by Crippen LogP contribution is -2.03. The lowest BCUT2D eigenvalue weighted by Gasteiger charge is -2.07. The first-order valence-electron chi connectivity index (χ1n) is 8.07. The Morgan fingerprint density at radius 3 is 2.83 bits per heavy atom. The number of ether oxygens (including phenoxy) is 2. The molecule has 23 heavy (non-hydrogen) atoms. The lowest BCUT2D eigenvalue weighted by molar-refractivity contribution is 0.174. The molecule has 3 rings (SSSR count). The molecule has 0 atom stereocenters. The van der Waals surface area contributed by atoms with E-state index in [1.54, 1.807) is 0 Å². The van der Waals surface area contributed by atoms with Crippen LogP contribution >= 0.6 is 0 Å². The molecule has 0 spiro atoms. The molecule has 0 radical (unpaired) electrons. The van der Waals surface area contributed by atoms with Crippen LogP contribution in [0.15, 0.2) is 18.2 Å². The summed E-state index contributed by atoms with van der Waals surface area (Å²) in [4.78, 5) is 0. The molecule has 2 aromatic rings. The molecule has 1 aliphatic rings. The smallest absolute Gasteiger partial charge is 0.231 e. The van der Waals surface area contributed by atoms with E-state index in [4.69, 9.17) is 9.47 Å². The number of unbranched alkanes of at least 4 members (excludes halogenated alkanes) is 4. The molecule has 0 fully saturated rings. The van der Waals surface area contributed by atoms with Crippen LogP contribution in [0.2, 0.25) is 0 Å². The Hall–Kier alpha value is -2.55. The Labute approximate surface area is 135 Å². The van der Waals surface area contributed by atoms with Crippen LogP contribution in [0.25, 0.3) is 11.3 Å². The van der Waals surface area contributed by atoms with Gasteiger partial charge in [0, 0.05) is 12.1 Å². The Morgan fingerprint density at radius 2 is 2.00 bits per heavy atom. The maximum absolute atomic E-state index is 9.31. The fraction of sp³-hybridized carbons (Fsp3) is 0.471. The highest BCUT2D eigenvalue weighted by molar-refractivity contribution is 5.68. The fourth-order valence-electron chi connectivity index (χ4n) is 2.74. The predicted octanol–water partition coefficient (Wildman–Crippen LogP) is 3.52. The monoisotopic (exact) mass is 312 g/mol. The average molecular weight is 312 g/mol. The van der Waals surface area contributed by atoms with Crippen LogP contribution in [0.5, 0.6) is 11.5 Å². The van der Waals surface area contributed by atoms with Gasteiger partial charge in [0.1, 0.15) is 11.8 Å². The van der Waals surface area contributed by atoms with Crippen molar-refractivity contribution in [3.8, 4) is 28.8 Å². The van der Waals surface area contributed by atoms with Crippen LogP contribution in [-0.4, -0.2) is 21.8 Å². The van der Waals surface area contributed by atoms with Gasteiger partial charge in [-0.25, -0.2) is 4.68 Å². The Bertz CT molecular complexity index is 718. The van der Waals surface area contributed by atoms with E-state index in [1.807, 2.05) is 22.9 Å². The summed E-state index contributed by atoms with van der Waals surface area (Å²) in [5.74, 6) is 1.42. The molecule has 1 aromatic heterocycles. The van der Waals surface area contributed by atoms with Gasteiger partial charge < -0.3 is 9.47 Å². The van der Waals surface area contributed by atoms with E-state index < -0.39 is 0 Å². The highest BCUT2D eigenvalue weighted by Crippen LogP contribution is 2.36. The molecule has 0 aliphatic carbocycles. The quantitative estimate of drug-likeness (QED) is 0.731.